The van der Waals surface area contributed by atoms with Crippen molar-refractivity contribution >= 4 is 27.4 Å². The number of benzene rings is 1. The van der Waals surface area contributed by atoms with E-state index < -0.39 is 10.0 Å². The van der Waals surface area contributed by atoms with Crippen LogP contribution in [0.1, 0.15) is 29.9 Å². The molecule has 0 spiro atoms. The number of halogens is 1. The molecule has 6 nitrogen and oxygen atoms in total. The van der Waals surface area contributed by atoms with Crippen molar-refractivity contribution in [1.82, 2.24) is 14.7 Å². The normalized spacial score (nSPS) is 14.9. The minimum absolute atomic E-state index is 0.0380. The van der Waals surface area contributed by atoms with Crippen LogP contribution in [0.2, 0.25) is 5.02 Å². The van der Waals surface area contributed by atoms with Gasteiger partial charge in [0.25, 0.3) is 0 Å². The molecule has 0 atom stereocenters. The summed E-state index contributed by atoms with van der Waals surface area (Å²) < 4.78 is 27.5. The van der Waals surface area contributed by atoms with Crippen molar-refractivity contribution in [3.8, 4) is 0 Å². The largest absolute Gasteiger partial charge is 0.357 e. The molecule has 1 aliphatic heterocycles. The molecule has 1 aliphatic rings. The lowest BCUT2D eigenvalue weighted by molar-refractivity contribution is 0.579. The Hall–Kier alpha value is -1.70. The third-order valence-electron chi connectivity index (χ3n) is 4.19. The molecule has 1 aromatic carbocycles. The summed E-state index contributed by atoms with van der Waals surface area (Å²) in [5, 5.41) is 0.422. The molecule has 0 bridgehead atoms. The summed E-state index contributed by atoms with van der Waals surface area (Å²) in [6.45, 7) is 5.70. The van der Waals surface area contributed by atoms with Crippen molar-refractivity contribution in [2.24, 2.45) is 0 Å². The van der Waals surface area contributed by atoms with E-state index in [2.05, 4.69) is 19.6 Å². The highest BCUT2D eigenvalue weighted by atomic mass is 35.5. The monoisotopic (exact) mass is 380 g/mol. The molecule has 0 unspecified atom stereocenters. The lowest BCUT2D eigenvalue weighted by atomic mass is 10.2. The van der Waals surface area contributed by atoms with Gasteiger partial charge in [0.05, 0.1) is 11.4 Å². The van der Waals surface area contributed by atoms with Gasteiger partial charge in [0.15, 0.2) is 0 Å². The zero-order chi connectivity index (χ0) is 18.0. The van der Waals surface area contributed by atoms with Gasteiger partial charge in [0.2, 0.25) is 10.0 Å². The highest BCUT2D eigenvalue weighted by Crippen LogP contribution is 2.21. The number of anilines is 1. The molecule has 1 aromatic heterocycles. The Balaban J connectivity index is 1.77. The quantitative estimate of drug-likeness (QED) is 0.863. The smallest absolute Gasteiger partial charge is 0.241 e. The second kappa shape index (κ2) is 7.27. The minimum Gasteiger partial charge on any atom is -0.357 e. The Morgan fingerprint density at radius 3 is 2.56 bits per heavy atom. The molecule has 0 radical (unpaired) electrons. The fourth-order valence-electron chi connectivity index (χ4n) is 2.78. The minimum atomic E-state index is -3.67. The predicted molar refractivity (Wildman–Crippen MR) is 98.4 cm³/mol. The summed E-state index contributed by atoms with van der Waals surface area (Å²) in [6.07, 6.45) is 2.30. The number of nitrogens with zero attached hydrogens (tertiary/aromatic N) is 3. The molecular weight excluding hydrogens is 360 g/mol. The summed E-state index contributed by atoms with van der Waals surface area (Å²) in [5.74, 6) is 1.32. The van der Waals surface area contributed by atoms with Gasteiger partial charge in [-0.2, -0.15) is 0 Å². The van der Waals surface area contributed by atoms with Gasteiger partial charge < -0.3 is 4.90 Å². The zero-order valence-electron chi connectivity index (χ0n) is 14.3. The van der Waals surface area contributed by atoms with Crippen LogP contribution in [0.5, 0.6) is 0 Å². The van der Waals surface area contributed by atoms with E-state index in [1.54, 1.807) is 6.07 Å². The molecule has 1 saturated heterocycles. The van der Waals surface area contributed by atoms with E-state index >= 15 is 0 Å². The number of hydrogen-bond donors (Lipinski definition) is 1. The van der Waals surface area contributed by atoms with Crippen LogP contribution in [-0.2, 0) is 16.6 Å². The van der Waals surface area contributed by atoms with Crippen LogP contribution < -0.4 is 9.62 Å². The third-order valence-corrected chi connectivity index (χ3v) is 6.00. The molecule has 3 rings (SSSR count). The van der Waals surface area contributed by atoms with Gasteiger partial charge in [-0.1, -0.05) is 17.7 Å². The first-order valence-electron chi connectivity index (χ1n) is 8.20. The van der Waals surface area contributed by atoms with Gasteiger partial charge in [-0.3, -0.25) is 0 Å². The Labute approximate surface area is 153 Å². The van der Waals surface area contributed by atoms with Gasteiger partial charge in [0, 0.05) is 29.9 Å². The number of sulfonamides is 1. The first-order valence-corrected chi connectivity index (χ1v) is 10.1. The number of nitrogens with one attached hydrogen (secondary N) is 1. The molecule has 1 N–H and O–H groups in total. The van der Waals surface area contributed by atoms with E-state index in [1.807, 2.05) is 19.9 Å². The SMILES string of the molecule is Cc1cc(N2CCCC2)nc(CNS(=O)(=O)c2ccc(C)c(Cl)c2)n1. The van der Waals surface area contributed by atoms with Crippen molar-refractivity contribution in [2.75, 3.05) is 18.0 Å². The van der Waals surface area contributed by atoms with Gasteiger partial charge in [-0.15, -0.1) is 0 Å². The van der Waals surface area contributed by atoms with Crippen LogP contribution in [0, 0.1) is 13.8 Å². The average Bonchev–Trinajstić information content (AvgIpc) is 3.09. The highest BCUT2D eigenvalue weighted by Gasteiger charge is 2.18. The number of aryl methyl sites for hydroxylation is 2. The molecule has 25 heavy (non-hydrogen) atoms. The molecule has 2 aromatic rings. The van der Waals surface area contributed by atoms with Crippen LogP contribution in [0.4, 0.5) is 5.82 Å². The lowest BCUT2D eigenvalue weighted by Crippen LogP contribution is -2.26. The summed E-state index contributed by atoms with van der Waals surface area (Å²) in [7, 11) is -3.67. The summed E-state index contributed by atoms with van der Waals surface area (Å²) in [6, 6.07) is 6.61. The average molecular weight is 381 g/mol. The first kappa shape index (κ1) is 18.1. The second-order valence-electron chi connectivity index (χ2n) is 6.21. The van der Waals surface area contributed by atoms with Gasteiger partial charge in [0.1, 0.15) is 11.6 Å². The van der Waals surface area contributed by atoms with E-state index in [4.69, 9.17) is 11.6 Å². The first-order chi connectivity index (χ1) is 11.8. The molecule has 2 heterocycles. The van der Waals surface area contributed by atoms with Crippen LogP contribution in [0.15, 0.2) is 29.2 Å². The molecule has 0 aliphatic carbocycles. The summed E-state index contributed by atoms with van der Waals surface area (Å²) >= 11 is 6.03. The number of aromatic nitrogens is 2. The highest BCUT2D eigenvalue weighted by molar-refractivity contribution is 7.89. The molecular formula is C17H21ClN4O2S. The van der Waals surface area contributed by atoms with Gasteiger partial charge >= 0.3 is 0 Å². The molecule has 134 valence electrons. The number of rotatable bonds is 5. The van der Waals surface area contributed by atoms with E-state index in [1.165, 1.54) is 12.1 Å². The van der Waals surface area contributed by atoms with Crippen molar-refractivity contribution in [3.05, 3.63) is 46.4 Å². The fraction of sp³-hybridized carbons (Fsp3) is 0.412. The van der Waals surface area contributed by atoms with Crippen LogP contribution in [0.25, 0.3) is 0 Å². The summed E-state index contributed by atoms with van der Waals surface area (Å²) in [5.41, 5.74) is 1.65. The van der Waals surface area contributed by atoms with Crippen molar-refractivity contribution in [3.63, 3.8) is 0 Å². The number of hydrogen-bond acceptors (Lipinski definition) is 5. The Bertz CT molecular complexity index is 880. The Morgan fingerprint density at radius 2 is 1.88 bits per heavy atom. The maximum Gasteiger partial charge on any atom is 0.241 e. The summed E-state index contributed by atoms with van der Waals surface area (Å²) in [4.78, 5) is 11.2. The van der Waals surface area contributed by atoms with E-state index in [0.717, 1.165) is 43.0 Å². The van der Waals surface area contributed by atoms with Crippen LogP contribution in [0.3, 0.4) is 0 Å². The van der Waals surface area contributed by atoms with E-state index in [-0.39, 0.29) is 11.4 Å². The predicted octanol–water partition coefficient (Wildman–Crippen LogP) is 2.83. The topological polar surface area (TPSA) is 75.2 Å². The van der Waals surface area contributed by atoms with Crippen LogP contribution >= 0.6 is 11.6 Å². The zero-order valence-corrected chi connectivity index (χ0v) is 15.9. The maximum absolute atomic E-state index is 12.5. The van der Waals surface area contributed by atoms with Crippen LogP contribution in [-0.4, -0.2) is 31.5 Å². The molecule has 1 fully saturated rings. The van der Waals surface area contributed by atoms with Crippen molar-refractivity contribution in [1.29, 1.82) is 0 Å². The fourth-order valence-corrected chi connectivity index (χ4v) is 4.03. The van der Waals surface area contributed by atoms with E-state index in [0.29, 0.717) is 10.8 Å². The molecule has 8 heteroatoms. The second-order valence-corrected chi connectivity index (χ2v) is 8.39. The Morgan fingerprint density at radius 1 is 1.16 bits per heavy atom. The van der Waals surface area contributed by atoms with Crippen molar-refractivity contribution < 1.29 is 8.42 Å². The van der Waals surface area contributed by atoms with Crippen molar-refractivity contribution in [2.45, 2.75) is 38.1 Å². The van der Waals surface area contributed by atoms with Gasteiger partial charge in [-0.25, -0.2) is 23.1 Å². The lowest BCUT2D eigenvalue weighted by Gasteiger charge is -2.17. The molecule has 0 amide bonds. The maximum atomic E-state index is 12.5. The third kappa shape index (κ3) is 4.29. The molecule has 0 saturated carbocycles. The Kier molecular flexibility index (Phi) is 5.27. The van der Waals surface area contributed by atoms with Gasteiger partial charge in [-0.05, 0) is 44.4 Å². The standard InChI is InChI=1S/C17H21ClN4O2S/c1-12-5-6-14(10-15(12)18)25(23,24)19-11-16-20-13(2)9-17(21-16)22-7-3-4-8-22/h5-6,9-10,19H,3-4,7-8,11H2,1-2H3. The van der Waals surface area contributed by atoms with E-state index in [9.17, 15) is 8.42 Å².